The molecule has 0 unspecified atom stereocenters. The summed E-state index contributed by atoms with van der Waals surface area (Å²) in [6, 6.07) is 19.8. The topological polar surface area (TPSA) is 67.9 Å². The van der Waals surface area contributed by atoms with E-state index in [2.05, 4.69) is 29.6 Å². The van der Waals surface area contributed by atoms with Crippen molar-refractivity contribution >= 4 is 34.0 Å². The number of hydrogen-bond donors (Lipinski definition) is 1. The first-order chi connectivity index (χ1) is 14.2. The zero-order chi connectivity index (χ0) is 20.2. The number of nitrogens with zero attached hydrogens (tertiary/aromatic N) is 1. The minimum absolute atomic E-state index is 0.0120. The van der Waals surface area contributed by atoms with E-state index in [1.54, 1.807) is 11.8 Å². The molecule has 0 bridgehead atoms. The van der Waals surface area contributed by atoms with Crippen molar-refractivity contribution in [2.45, 2.75) is 13.5 Å². The second-order valence-electron chi connectivity index (χ2n) is 6.76. The Morgan fingerprint density at radius 2 is 1.93 bits per heavy atom. The maximum Gasteiger partial charge on any atom is 0.325 e. The maximum atomic E-state index is 12.7. The summed E-state index contributed by atoms with van der Waals surface area (Å²) in [4.78, 5) is 26.2. The molecule has 6 nitrogen and oxygen atoms in total. The molecular weight excluding hydrogens is 368 g/mol. The lowest BCUT2D eigenvalue weighted by Gasteiger charge is -2.31. The van der Waals surface area contributed by atoms with E-state index in [9.17, 15) is 9.59 Å². The van der Waals surface area contributed by atoms with E-state index in [4.69, 9.17) is 9.47 Å². The summed E-state index contributed by atoms with van der Waals surface area (Å²) < 4.78 is 10.6. The zero-order valence-electron chi connectivity index (χ0n) is 16.2. The van der Waals surface area contributed by atoms with Crippen LogP contribution < -0.4 is 15.0 Å². The summed E-state index contributed by atoms with van der Waals surface area (Å²) in [5.41, 5.74) is 2.32. The van der Waals surface area contributed by atoms with Gasteiger partial charge in [-0.15, -0.1) is 0 Å². The van der Waals surface area contributed by atoms with Gasteiger partial charge in [0.15, 0.2) is 6.61 Å². The zero-order valence-corrected chi connectivity index (χ0v) is 16.2. The first kappa shape index (κ1) is 18.8. The number of hydrogen-bond acceptors (Lipinski definition) is 5. The van der Waals surface area contributed by atoms with Gasteiger partial charge in [0, 0.05) is 0 Å². The quantitative estimate of drug-likeness (QED) is 0.650. The fourth-order valence-corrected chi connectivity index (χ4v) is 3.47. The van der Waals surface area contributed by atoms with Gasteiger partial charge >= 0.3 is 5.97 Å². The fraction of sp³-hybridized carbons (Fsp3) is 0.217. The minimum Gasteiger partial charge on any atom is -0.481 e. The van der Waals surface area contributed by atoms with Crippen LogP contribution in [0.15, 0.2) is 60.7 Å². The number of para-hydroxylation sites is 1. The van der Waals surface area contributed by atoms with Gasteiger partial charge in [-0.25, -0.2) is 0 Å². The monoisotopic (exact) mass is 390 g/mol. The van der Waals surface area contributed by atoms with Crippen molar-refractivity contribution in [1.29, 1.82) is 0 Å². The number of carbonyl (C=O) groups is 2. The first-order valence-corrected chi connectivity index (χ1v) is 9.59. The average molecular weight is 390 g/mol. The Morgan fingerprint density at radius 1 is 1.10 bits per heavy atom. The Hall–Kier alpha value is -3.54. The van der Waals surface area contributed by atoms with Gasteiger partial charge in [0.1, 0.15) is 18.0 Å². The Kier molecular flexibility index (Phi) is 5.33. The van der Waals surface area contributed by atoms with Crippen molar-refractivity contribution in [2.24, 2.45) is 0 Å². The molecular formula is C23H22N2O4. The lowest BCUT2D eigenvalue weighted by Crippen LogP contribution is -2.39. The number of amides is 1. The molecule has 29 heavy (non-hydrogen) atoms. The van der Waals surface area contributed by atoms with Gasteiger partial charge < -0.3 is 14.8 Å². The highest BCUT2D eigenvalue weighted by Crippen LogP contribution is 2.39. The summed E-state index contributed by atoms with van der Waals surface area (Å²) in [5, 5.41) is 5.35. The third-order valence-electron chi connectivity index (χ3n) is 4.80. The van der Waals surface area contributed by atoms with Gasteiger partial charge in [-0.05, 0) is 41.5 Å². The molecule has 0 aliphatic carbocycles. The number of nitrogens with one attached hydrogen (secondary N) is 1. The van der Waals surface area contributed by atoms with Crippen LogP contribution in [0.1, 0.15) is 12.5 Å². The maximum absolute atomic E-state index is 12.7. The van der Waals surface area contributed by atoms with Crippen molar-refractivity contribution in [3.8, 4) is 5.75 Å². The van der Waals surface area contributed by atoms with Gasteiger partial charge in [-0.2, -0.15) is 0 Å². The highest BCUT2D eigenvalue weighted by Gasteiger charge is 2.28. The van der Waals surface area contributed by atoms with Crippen LogP contribution >= 0.6 is 0 Å². The molecule has 3 aromatic rings. The molecule has 4 rings (SSSR count). The summed E-state index contributed by atoms with van der Waals surface area (Å²) in [7, 11) is 0. The second-order valence-corrected chi connectivity index (χ2v) is 6.76. The van der Waals surface area contributed by atoms with E-state index in [0.717, 1.165) is 16.3 Å². The molecule has 3 aromatic carbocycles. The summed E-state index contributed by atoms with van der Waals surface area (Å²) >= 11 is 0. The third kappa shape index (κ3) is 4.01. The molecule has 1 aliphatic rings. The number of carbonyl (C=O) groups excluding carboxylic acids is 2. The molecule has 1 heterocycles. The Labute approximate surface area is 169 Å². The molecule has 0 spiro atoms. The van der Waals surface area contributed by atoms with E-state index in [0.29, 0.717) is 30.3 Å². The van der Waals surface area contributed by atoms with Crippen LogP contribution in [0.5, 0.6) is 5.75 Å². The molecule has 0 atom stereocenters. The smallest absolute Gasteiger partial charge is 0.325 e. The lowest BCUT2D eigenvalue weighted by molar-refractivity contribution is -0.140. The van der Waals surface area contributed by atoms with Crippen LogP contribution in [0, 0.1) is 0 Å². The highest BCUT2D eigenvalue weighted by atomic mass is 16.5. The van der Waals surface area contributed by atoms with Crippen LogP contribution in [-0.2, 0) is 20.9 Å². The third-order valence-corrected chi connectivity index (χ3v) is 4.80. The molecule has 1 amide bonds. The van der Waals surface area contributed by atoms with Crippen LogP contribution in [-0.4, -0.2) is 31.6 Å². The number of fused-ring (bicyclic) bond motifs is 2. The van der Waals surface area contributed by atoms with E-state index in [1.165, 1.54) is 0 Å². The van der Waals surface area contributed by atoms with Crippen molar-refractivity contribution < 1.29 is 19.1 Å². The molecule has 1 N–H and O–H groups in total. The normalized spacial score (nSPS) is 13.0. The molecule has 148 valence electrons. The Morgan fingerprint density at radius 3 is 2.76 bits per heavy atom. The number of benzene rings is 3. The molecule has 0 saturated heterocycles. The van der Waals surface area contributed by atoms with Crippen LogP contribution in [0.2, 0.25) is 0 Å². The predicted molar refractivity (Wildman–Crippen MR) is 112 cm³/mol. The average Bonchev–Trinajstić information content (AvgIpc) is 2.74. The van der Waals surface area contributed by atoms with Gasteiger partial charge in [-0.3, -0.25) is 14.5 Å². The number of anilines is 2. The van der Waals surface area contributed by atoms with E-state index >= 15 is 0 Å². The van der Waals surface area contributed by atoms with Crippen molar-refractivity contribution in [3.05, 3.63) is 66.2 Å². The minimum atomic E-state index is -0.353. The number of esters is 1. The molecule has 6 heteroatoms. The van der Waals surface area contributed by atoms with Gasteiger partial charge in [0.2, 0.25) is 0 Å². The van der Waals surface area contributed by atoms with E-state index in [-0.39, 0.29) is 25.0 Å². The SMILES string of the molecule is CCOC(=O)CNc1cccc2c1N(Cc1ccc3ccccc3c1)C(=O)CO2. The predicted octanol–water partition coefficient (Wildman–Crippen LogP) is 3.74. The van der Waals surface area contributed by atoms with Crippen molar-refractivity contribution in [1.82, 2.24) is 0 Å². The van der Waals surface area contributed by atoms with E-state index in [1.807, 2.05) is 36.4 Å². The number of ether oxygens (including phenoxy) is 2. The van der Waals surface area contributed by atoms with Crippen LogP contribution in [0.25, 0.3) is 10.8 Å². The molecule has 0 fully saturated rings. The Bertz CT molecular complexity index is 1060. The van der Waals surface area contributed by atoms with Crippen LogP contribution in [0.4, 0.5) is 11.4 Å². The van der Waals surface area contributed by atoms with Crippen molar-refractivity contribution in [3.63, 3.8) is 0 Å². The molecule has 0 aromatic heterocycles. The summed E-state index contributed by atoms with van der Waals surface area (Å²) in [6.07, 6.45) is 0. The molecule has 0 saturated carbocycles. The van der Waals surface area contributed by atoms with Gasteiger partial charge in [-0.1, -0.05) is 42.5 Å². The van der Waals surface area contributed by atoms with Crippen LogP contribution in [0.3, 0.4) is 0 Å². The number of rotatable bonds is 6. The standard InChI is InChI=1S/C23H22N2O4/c1-2-28-22(27)13-24-19-8-5-9-20-23(19)25(21(26)15-29-20)14-16-10-11-17-6-3-4-7-18(17)12-16/h3-12,24H,2,13-15H2,1H3. The second kappa shape index (κ2) is 8.22. The fourth-order valence-electron chi connectivity index (χ4n) is 3.47. The summed E-state index contributed by atoms with van der Waals surface area (Å²) in [6.45, 7) is 2.51. The lowest BCUT2D eigenvalue weighted by atomic mass is 10.1. The van der Waals surface area contributed by atoms with Gasteiger partial charge in [0.25, 0.3) is 5.91 Å². The van der Waals surface area contributed by atoms with Gasteiger partial charge in [0.05, 0.1) is 18.8 Å². The van der Waals surface area contributed by atoms with Crippen molar-refractivity contribution in [2.75, 3.05) is 30.0 Å². The Balaban J connectivity index is 1.64. The van der Waals surface area contributed by atoms with E-state index < -0.39 is 0 Å². The first-order valence-electron chi connectivity index (χ1n) is 9.59. The highest BCUT2D eigenvalue weighted by molar-refractivity contribution is 6.01. The largest absolute Gasteiger partial charge is 0.481 e. The molecule has 1 aliphatic heterocycles. The molecule has 0 radical (unpaired) electrons. The summed E-state index contributed by atoms with van der Waals surface area (Å²) in [5.74, 6) is 0.129.